The number of fused-ring (bicyclic) bond motifs is 1. The van der Waals surface area contributed by atoms with Gasteiger partial charge in [0.25, 0.3) is 0 Å². The number of para-hydroxylation sites is 1. The van der Waals surface area contributed by atoms with Crippen molar-refractivity contribution >= 4 is 10.9 Å². The lowest BCUT2D eigenvalue weighted by Crippen LogP contribution is -3.06. The van der Waals surface area contributed by atoms with Gasteiger partial charge < -0.3 is 10.0 Å². The summed E-state index contributed by atoms with van der Waals surface area (Å²) in [5.41, 5.74) is 4.31. The van der Waals surface area contributed by atoms with E-state index >= 15 is 0 Å². The van der Waals surface area contributed by atoms with Gasteiger partial charge in [-0.15, -0.1) is 0 Å². The van der Waals surface area contributed by atoms with E-state index in [0.717, 1.165) is 35.2 Å². The van der Waals surface area contributed by atoms with Crippen molar-refractivity contribution in [2.75, 3.05) is 7.05 Å². The van der Waals surface area contributed by atoms with Gasteiger partial charge in [0, 0.05) is 18.6 Å². The Kier molecular flexibility index (Phi) is 4.07. The molecule has 1 unspecified atom stereocenters. The van der Waals surface area contributed by atoms with Crippen LogP contribution in [0.15, 0.2) is 54.6 Å². The number of aromatic amines is 1. The Morgan fingerprint density at radius 3 is 2.41 bits per heavy atom. The molecule has 0 spiro atoms. The molecule has 1 heterocycles. The molecule has 22 heavy (non-hydrogen) atoms. The van der Waals surface area contributed by atoms with Crippen LogP contribution >= 0.6 is 0 Å². The van der Waals surface area contributed by atoms with Gasteiger partial charge in [-0.2, -0.15) is 0 Å². The number of quaternary nitrogens is 1. The lowest BCUT2D eigenvalue weighted by molar-refractivity contribution is -0.907. The van der Waals surface area contributed by atoms with Crippen LogP contribution in [0.5, 0.6) is 5.75 Å². The molecule has 3 heteroatoms. The van der Waals surface area contributed by atoms with Gasteiger partial charge in [0.1, 0.15) is 24.4 Å². The van der Waals surface area contributed by atoms with Crippen molar-refractivity contribution < 1.29 is 15.0 Å². The zero-order valence-corrected chi connectivity index (χ0v) is 13.1. The highest BCUT2D eigenvalue weighted by molar-refractivity contribution is 5.83. The predicted octanol–water partition coefficient (Wildman–Crippen LogP) is 1.88. The Bertz CT molecular complexity index is 784. The van der Waals surface area contributed by atoms with Gasteiger partial charge in [-0.25, -0.2) is 4.98 Å². The van der Waals surface area contributed by atoms with Crippen molar-refractivity contribution in [3.05, 3.63) is 71.4 Å². The van der Waals surface area contributed by atoms with Gasteiger partial charge in [0.15, 0.2) is 5.69 Å². The summed E-state index contributed by atoms with van der Waals surface area (Å²) in [6.07, 6.45) is 0. The molecular formula is C19H22N2O+2. The zero-order valence-electron chi connectivity index (χ0n) is 13.1. The van der Waals surface area contributed by atoms with Crippen molar-refractivity contribution in [3.8, 4) is 5.75 Å². The van der Waals surface area contributed by atoms with E-state index in [4.69, 9.17) is 0 Å². The van der Waals surface area contributed by atoms with E-state index in [0.29, 0.717) is 5.75 Å². The average molecular weight is 294 g/mol. The number of nitrogens with one attached hydrogen (secondary N) is 2. The Morgan fingerprint density at radius 1 is 0.955 bits per heavy atom. The molecule has 1 atom stereocenters. The molecule has 0 aliphatic rings. The summed E-state index contributed by atoms with van der Waals surface area (Å²) in [5, 5.41) is 11.5. The first-order valence-electron chi connectivity index (χ1n) is 7.63. The molecular weight excluding hydrogens is 272 g/mol. The van der Waals surface area contributed by atoms with Crippen LogP contribution in [-0.2, 0) is 13.1 Å². The quantitative estimate of drug-likeness (QED) is 0.758. The van der Waals surface area contributed by atoms with E-state index in [-0.39, 0.29) is 0 Å². The molecule has 0 saturated carbocycles. The van der Waals surface area contributed by atoms with E-state index in [1.54, 1.807) is 0 Å². The van der Waals surface area contributed by atoms with Crippen molar-refractivity contribution in [1.29, 1.82) is 0 Å². The maximum atomic E-state index is 10.6. The van der Waals surface area contributed by atoms with Crippen LogP contribution in [0.25, 0.3) is 10.9 Å². The number of aromatic nitrogens is 1. The minimum absolute atomic E-state index is 0.402. The Labute approximate surface area is 130 Å². The summed E-state index contributed by atoms with van der Waals surface area (Å²) in [4.78, 5) is 4.74. The molecule has 0 amide bonds. The third kappa shape index (κ3) is 2.95. The molecule has 3 aromatic rings. The summed E-state index contributed by atoms with van der Waals surface area (Å²) in [6, 6.07) is 18.3. The van der Waals surface area contributed by atoms with Crippen LogP contribution < -0.4 is 9.88 Å². The lowest BCUT2D eigenvalue weighted by atomic mass is 10.1. The van der Waals surface area contributed by atoms with Gasteiger partial charge in [0.2, 0.25) is 5.52 Å². The summed E-state index contributed by atoms with van der Waals surface area (Å²) in [5.74, 6) is 0.402. The number of rotatable bonds is 4. The minimum Gasteiger partial charge on any atom is -0.506 e. The molecule has 3 nitrogen and oxygen atoms in total. The van der Waals surface area contributed by atoms with Crippen LogP contribution in [0, 0.1) is 6.92 Å². The molecule has 0 saturated heterocycles. The number of hydrogen-bond acceptors (Lipinski definition) is 1. The van der Waals surface area contributed by atoms with Crippen LogP contribution in [0.3, 0.4) is 0 Å². The molecule has 0 bridgehead atoms. The second kappa shape index (κ2) is 6.16. The van der Waals surface area contributed by atoms with E-state index < -0.39 is 0 Å². The first-order chi connectivity index (χ1) is 10.6. The molecule has 1 aromatic heterocycles. The Balaban J connectivity index is 1.87. The Hall–Kier alpha value is -2.39. The predicted molar refractivity (Wildman–Crippen MR) is 87.6 cm³/mol. The highest BCUT2D eigenvalue weighted by atomic mass is 16.3. The molecule has 0 aliphatic carbocycles. The fourth-order valence-corrected chi connectivity index (χ4v) is 2.94. The number of H-pyrrole nitrogens is 1. The van der Waals surface area contributed by atoms with Gasteiger partial charge in [-0.1, -0.05) is 42.5 Å². The van der Waals surface area contributed by atoms with Crippen molar-refractivity contribution in [3.63, 3.8) is 0 Å². The molecule has 0 aliphatic heterocycles. The van der Waals surface area contributed by atoms with E-state index in [2.05, 4.69) is 36.3 Å². The SMILES string of the molecule is Cc1[nH+]c2ccccc2c(O)c1C[NH+](C)Cc1ccccc1. The molecule has 2 aromatic carbocycles. The van der Waals surface area contributed by atoms with Crippen LogP contribution in [0.4, 0.5) is 0 Å². The zero-order chi connectivity index (χ0) is 15.5. The fraction of sp³-hybridized carbons (Fsp3) is 0.211. The van der Waals surface area contributed by atoms with Gasteiger partial charge in [-0.3, -0.25) is 0 Å². The maximum absolute atomic E-state index is 10.6. The number of aromatic hydroxyl groups is 1. The first kappa shape index (κ1) is 14.5. The van der Waals surface area contributed by atoms with E-state index in [1.807, 2.05) is 37.3 Å². The standard InChI is InChI=1S/C19H20N2O/c1-14-17(13-21(2)12-15-8-4-3-5-9-15)19(22)16-10-6-7-11-18(16)20-14/h3-11H,12-13H2,1-2H3,(H,20,22)/p+2. The number of pyridine rings is 1. The summed E-state index contributed by atoms with van der Waals surface area (Å²) < 4.78 is 0. The largest absolute Gasteiger partial charge is 0.506 e. The second-order valence-electron chi connectivity index (χ2n) is 5.92. The van der Waals surface area contributed by atoms with Gasteiger partial charge >= 0.3 is 0 Å². The summed E-state index contributed by atoms with van der Waals surface area (Å²) in [6.45, 7) is 3.75. The third-order valence-corrected chi connectivity index (χ3v) is 4.07. The molecule has 0 radical (unpaired) electrons. The number of hydrogen-bond donors (Lipinski definition) is 2. The number of benzene rings is 2. The highest BCUT2D eigenvalue weighted by Crippen LogP contribution is 2.26. The van der Waals surface area contributed by atoms with E-state index in [9.17, 15) is 5.11 Å². The molecule has 3 rings (SSSR count). The van der Waals surface area contributed by atoms with E-state index in [1.165, 1.54) is 10.5 Å². The van der Waals surface area contributed by atoms with Crippen molar-refractivity contribution in [2.24, 2.45) is 0 Å². The second-order valence-corrected chi connectivity index (χ2v) is 5.92. The van der Waals surface area contributed by atoms with Crippen molar-refractivity contribution in [2.45, 2.75) is 20.0 Å². The molecule has 3 N–H and O–H groups in total. The topological polar surface area (TPSA) is 38.8 Å². The maximum Gasteiger partial charge on any atom is 0.214 e. The van der Waals surface area contributed by atoms with Gasteiger partial charge in [-0.05, 0) is 6.07 Å². The fourth-order valence-electron chi connectivity index (χ4n) is 2.94. The number of aryl methyl sites for hydroxylation is 1. The molecule has 112 valence electrons. The van der Waals surface area contributed by atoms with Crippen LogP contribution in [0.1, 0.15) is 16.8 Å². The van der Waals surface area contributed by atoms with Gasteiger partial charge in [0.05, 0.1) is 12.4 Å². The smallest absolute Gasteiger partial charge is 0.214 e. The lowest BCUT2D eigenvalue weighted by Gasteiger charge is -2.15. The minimum atomic E-state index is 0.402. The monoisotopic (exact) mass is 294 g/mol. The third-order valence-electron chi connectivity index (χ3n) is 4.07. The summed E-state index contributed by atoms with van der Waals surface area (Å²) in [7, 11) is 2.15. The normalized spacial score (nSPS) is 12.5. The van der Waals surface area contributed by atoms with Crippen LogP contribution in [0.2, 0.25) is 0 Å². The van der Waals surface area contributed by atoms with Crippen LogP contribution in [-0.4, -0.2) is 12.2 Å². The molecule has 0 fully saturated rings. The summed E-state index contributed by atoms with van der Waals surface area (Å²) >= 11 is 0. The van der Waals surface area contributed by atoms with Crippen molar-refractivity contribution in [1.82, 2.24) is 0 Å². The highest BCUT2D eigenvalue weighted by Gasteiger charge is 2.19. The average Bonchev–Trinajstić information content (AvgIpc) is 2.52. The first-order valence-corrected chi connectivity index (χ1v) is 7.63. The Morgan fingerprint density at radius 2 is 1.64 bits per heavy atom.